The van der Waals surface area contributed by atoms with Gasteiger partial charge in [-0.25, -0.2) is 8.78 Å². The van der Waals surface area contributed by atoms with Crippen molar-refractivity contribution < 1.29 is 13.6 Å². The normalized spacial score (nSPS) is 11.5. The molecule has 3 N–H and O–H groups in total. The van der Waals surface area contributed by atoms with Crippen LogP contribution in [-0.4, -0.2) is 18.0 Å². The maximum absolute atomic E-state index is 13.2. The molecule has 1 rings (SSSR count). The highest BCUT2D eigenvalue weighted by molar-refractivity contribution is 6.33. The molecule has 0 bridgehead atoms. The third kappa shape index (κ3) is 3.42. The second kappa shape index (κ2) is 6.30. The number of carbonyl (C=O) groups excluding carboxylic acids is 1. The second-order valence-electron chi connectivity index (χ2n) is 4.39. The van der Waals surface area contributed by atoms with E-state index in [2.05, 4.69) is 5.32 Å². The zero-order valence-corrected chi connectivity index (χ0v) is 11.7. The van der Waals surface area contributed by atoms with Crippen LogP contribution >= 0.6 is 11.6 Å². The number of nitrogens with one attached hydrogen (secondary N) is 1. The van der Waals surface area contributed by atoms with Gasteiger partial charge in [0.15, 0.2) is 11.6 Å². The van der Waals surface area contributed by atoms with Crippen molar-refractivity contribution in [3.8, 4) is 0 Å². The van der Waals surface area contributed by atoms with Crippen molar-refractivity contribution in [2.24, 2.45) is 5.73 Å². The van der Waals surface area contributed by atoms with Crippen LogP contribution in [0.5, 0.6) is 0 Å². The lowest BCUT2D eigenvalue weighted by atomic mass is 9.92. The molecule has 0 radical (unpaired) electrons. The molecule has 0 unspecified atom stereocenters. The topological polar surface area (TPSA) is 55.1 Å². The standard InChI is InChI=1S/C13H17ClF2N2O/c1-3-13(4-2,7-17)18-12(19)8-5-10(15)11(16)6-9(8)14/h5-6H,3-4,7,17H2,1-2H3,(H,18,19). The van der Waals surface area contributed by atoms with Crippen molar-refractivity contribution in [3.05, 3.63) is 34.4 Å². The van der Waals surface area contributed by atoms with Crippen LogP contribution in [0.25, 0.3) is 0 Å². The lowest BCUT2D eigenvalue weighted by molar-refractivity contribution is 0.0895. The molecular weight excluding hydrogens is 274 g/mol. The SMILES string of the molecule is CCC(CC)(CN)NC(=O)c1cc(F)c(F)cc1Cl. The Morgan fingerprint density at radius 2 is 1.84 bits per heavy atom. The van der Waals surface area contributed by atoms with Gasteiger partial charge in [0.05, 0.1) is 16.1 Å². The number of halogens is 3. The average Bonchev–Trinajstić information content (AvgIpc) is 2.40. The predicted octanol–water partition coefficient (Wildman–Crippen LogP) is 2.87. The van der Waals surface area contributed by atoms with Crippen LogP contribution in [0.15, 0.2) is 12.1 Å². The van der Waals surface area contributed by atoms with Crippen molar-refractivity contribution in [1.82, 2.24) is 5.32 Å². The van der Waals surface area contributed by atoms with Crippen molar-refractivity contribution in [2.45, 2.75) is 32.2 Å². The van der Waals surface area contributed by atoms with Crippen LogP contribution in [0.2, 0.25) is 5.02 Å². The van der Waals surface area contributed by atoms with E-state index in [0.29, 0.717) is 12.8 Å². The maximum atomic E-state index is 13.2. The molecule has 19 heavy (non-hydrogen) atoms. The van der Waals surface area contributed by atoms with E-state index in [1.807, 2.05) is 13.8 Å². The van der Waals surface area contributed by atoms with Gasteiger partial charge in [-0.15, -0.1) is 0 Å². The fourth-order valence-electron chi connectivity index (χ4n) is 1.77. The van der Waals surface area contributed by atoms with Crippen LogP contribution in [0, 0.1) is 11.6 Å². The molecule has 6 heteroatoms. The van der Waals surface area contributed by atoms with Crippen molar-refractivity contribution in [3.63, 3.8) is 0 Å². The first-order valence-electron chi connectivity index (χ1n) is 6.06. The lowest BCUT2D eigenvalue weighted by Gasteiger charge is -2.31. The molecule has 3 nitrogen and oxygen atoms in total. The van der Waals surface area contributed by atoms with Crippen LogP contribution in [-0.2, 0) is 0 Å². The molecule has 0 aromatic heterocycles. The van der Waals surface area contributed by atoms with E-state index in [9.17, 15) is 13.6 Å². The summed E-state index contributed by atoms with van der Waals surface area (Å²) in [7, 11) is 0. The summed E-state index contributed by atoms with van der Waals surface area (Å²) >= 11 is 5.76. The highest BCUT2D eigenvalue weighted by atomic mass is 35.5. The minimum atomic E-state index is -1.11. The van der Waals surface area contributed by atoms with Gasteiger partial charge in [0.25, 0.3) is 5.91 Å². The first-order valence-corrected chi connectivity index (χ1v) is 6.44. The second-order valence-corrected chi connectivity index (χ2v) is 4.80. The van der Waals surface area contributed by atoms with Gasteiger partial charge in [0.2, 0.25) is 0 Å². The molecule has 0 atom stereocenters. The third-order valence-corrected chi connectivity index (χ3v) is 3.69. The summed E-state index contributed by atoms with van der Waals surface area (Å²) in [5.74, 6) is -2.75. The van der Waals surface area contributed by atoms with Gasteiger partial charge in [-0.05, 0) is 25.0 Å². The van der Waals surface area contributed by atoms with E-state index >= 15 is 0 Å². The fourth-order valence-corrected chi connectivity index (χ4v) is 2.01. The molecule has 1 aromatic carbocycles. The third-order valence-electron chi connectivity index (χ3n) is 3.38. The fraction of sp³-hybridized carbons (Fsp3) is 0.462. The Morgan fingerprint density at radius 1 is 1.32 bits per heavy atom. The molecular formula is C13H17ClF2N2O. The molecule has 1 aromatic rings. The summed E-state index contributed by atoms with van der Waals surface area (Å²) in [6, 6.07) is 1.58. The summed E-state index contributed by atoms with van der Waals surface area (Å²) in [4.78, 5) is 12.1. The van der Waals surface area contributed by atoms with E-state index in [-0.39, 0.29) is 17.1 Å². The Labute approximate surface area is 116 Å². The van der Waals surface area contributed by atoms with Gasteiger partial charge in [-0.1, -0.05) is 25.4 Å². The molecule has 1 amide bonds. The predicted molar refractivity (Wildman–Crippen MR) is 71.2 cm³/mol. The molecule has 0 aliphatic carbocycles. The number of hydrogen-bond acceptors (Lipinski definition) is 2. The van der Waals surface area contributed by atoms with Crippen LogP contribution < -0.4 is 11.1 Å². The minimum absolute atomic E-state index is 0.0970. The Hall–Kier alpha value is -1.20. The molecule has 106 valence electrons. The highest BCUT2D eigenvalue weighted by Crippen LogP contribution is 2.22. The van der Waals surface area contributed by atoms with Crippen molar-refractivity contribution in [1.29, 1.82) is 0 Å². The first-order chi connectivity index (χ1) is 8.89. The molecule has 0 fully saturated rings. The summed E-state index contributed by atoms with van der Waals surface area (Å²) < 4.78 is 26.1. The van der Waals surface area contributed by atoms with Crippen LogP contribution in [0.4, 0.5) is 8.78 Å². The molecule has 0 saturated heterocycles. The van der Waals surface area contributed by atoms with Crippen molar-refractivity contribution in [2.75, 3.05) is 6.54 Å². The van der Waals surface area contributed by atoms with Crippen LogP contribution in [0.1, 0.15) is 37.0 Å². The Bertz CT molecular complexity index is 468. The summed E-state index contributed by atoms with van der Waals surface area (Å²) in [6.45, 7) is 4.04. The first kappa shape index (κ1) is 15.9. The summed E-state index contributed by atoms with van der Waals surface area (Å²) in [5, 5.41) is 2.62. The van der Waals surface area contributed by atoms with Gasteiger partial charge in [0, 0.05) is 6.54 Å². The van der Waals surface area contributed by atoms with E-state index in [1.165, 1.54) is 0 Å². The zero-order chi connectivity index (χ0) is 14.6. The Morgan fingerprint density at radius 3 is 2.32 bits per heavy atom. The monoisotopic (exact) mass is 290 g/mol. The average molecular weight is 291 g/mol. The van der Waals surface area contributed by atoms with E-state index in [1.54, 1.807) is 0 Å². The largest absolute Gasteiger partial charge is 0.345 e. The maximum Gasteiger partial charge on any atom is 0.253 e. The van der Waals surface area contributed by atoms with E-state index < -0.39 is 23.1 Å². The smallest absolute Gasteiger partial charge is 0.253 e. The summed E-state index contributed by atoms with van der Waals surface area (Å²) in [6.07, 6.45) is 1.26. The number of nitrogens with two attached hydrogens (primary N) is 1. The van der Waals surface area contributed by atoms with Gasteiger partial charge in [0.1, 0.15) is 0 Å². The molecule has 0 saturated carbocycles. The van der Waals surface area contributed by atoms with E-state index in [0.717, 1.165) is 12.1 Å². The Balaban J connectivity index is 3.04. The number of rotatable bonds is 5. The molecule has 0 aliphatic rings. The molecule has 0 spiro atoms. The number of benzene rings is 1. The number of carbonyl (C=O) groups is 1. The zero-order valence-electron chi connectivity index (χ0n) is 10.9. The van der Waals surface area contributed by atoms with Crippen LogP contribution in [0.3, 0.4) is 0 Å². The summed E-state index contributed by atoms with van der Waals surface area (Å²) in [5.41, 5.74) is 5.00. The molecule has 0 heterocycles. The number of hydrogen-bond donors (Lipinski definition) is 2. The van der Waals surface area contributed by atoms with Gasteiger partial charge in [-0.3, -0.25) is 4.79 Å². The lowest BCUT2D eigenvalue weighted by Crippen LogP contribution is -2.52. The van der Waals surface area contributed by atoms with E-state index in [4.69, 9.17) is 17.3 Å². The van der Waals surface area contributed by atoms with Gasteiger partial charge in [-0.2, -0.15) is 0 Å². The van der Waals surface area contributed by atoms with Gasteiger partial charge >= 0.3 is 0 Å². The van der Waals surface area contributed by atoms with Crippen molar-refractivity contribution >= 4 is 17.5 Å². The number of amides is 1. The Kier molecular flexibility index (Phi) is 5.26. The molecule has 0 aliphatic heterocycles. The van der Waals surface area contributed by atoms with Gasteiger partial charge < -0.3 is 11.1 Å². The quantitative estimate of drug-likeness (QED) is 0.819. The minimum Gasteiger partial charge on any atom is -0.345 e. The highest BCUT2D eigenvalue weighted by Gasteiger charge is 2.28.